The zero-order valence-corrected chi connectivity index (χ0v) is 12.0. The van der Waals surface area contributed by atoms with E-state index in [9.17, 15) is 0 Å². The number of hydrogen-bond donors (Lipinski definition) is 0. The van der Waals surface area contributed by atoms with Crippen LogP contribution in [0.25, 0.3) is 0 Å². The van der Waals surface area contributed by atoms with E-state index >= 15 is 0 Å². The molecular formula is C13H22BrNO2. The van der Waals surface area contributed by atoms with E-state index in [1.165, 1.54) is 25.7 Å². The van der Waals surface area contributed by atoms with Crippen molar-refractivity contribution < 1.29 is 9.47 Å². The van der Waals surface area contributed by atoms with Crippen LogP contribution in [0.3, 0.4) is 0 Å². The first kappa shape index (κ1) is 13.5. The summed E-state index contributed by atoms with van der Waals surface area (Å²) in [5.41, 5.74) is 0. The van der Waals surface area contributed by atoms with Gasteiger partial charge in [-0.3, -0.25) is 4.90 Å². The maximum atomic E-state index is 5.70. The molecule has 0 N–H and O–H groups in total. The van der Waals surface area contributed by atoms with E-state index < -0.39 is 0 Å². The molecule has 0 bridgehead atoms. The standard InChI is InChI=1S/C13H22BrNO2/c1-11(14)8-15(9-12-4-2-6-16-12)10-13-5-3-7-17-13/h12-13H,1-10H2. The highest BCUT2D eigenvalue weighted by atomic mass is 79.9. The summed E-state index contributed by atoms with van der Waals surface area (Å²) in [6.07, 6.45) is 5.60. The van der Waals surface area contributed by atoms with Crippen LogP contribution in [0.15, 0.2) is 11.1 Å². The fraction of sp³-hybridized carbons (Fsp3) is 0.846. The molecule has 0 amide bonds. The molecule has 2 rings (SSSR count). The van der Waals surface area contributed by atoms with Crippen molar-refractivity contribution in [3.05, 3.63) is 11.1 Å². The fourth-order valence-electron chi connectivity index (χ4n) is 2.60. The van der Waals surface area contributed by atoms with Gasteiger partial charge in [0.15, 0.2) is 0 Å². The minimum Gasteiger partial charge on any atom is -0.377 e. The van der Waals surface area contributed by atoms with Crippen LogP contribution in [0.4, 0.5) is 0 Å². The van der Waals surface area contributed by atoms with Gasteiger partial charge in [0, 0.05) is 37.3 Å². The first-order valence-corrected chi connectivity index (χ1v) is 7.32. The molecule has 4 heteroatoms. The number of nitrogens with zero attached hydrogens (tertiary/aromatic N) is 1. The number of halogens is 1. The third-order valence-corrected chi connectivity index (χ3v) is 3.62. The van der Waals surface area contributed by atoms with Crippen molar-refractivity contribution in [1.29, 1.82) is 0 Å². The third kappa shape index (κ3) is 4.70. The smallest absolute Gasteiger partial charge is 0.0703 e. The highest BCUT2D eigenvalue weighted by Crippen LogP contribution is 2.18. The topological polar surface area (TPSA) is 21.7 Å². The van der Waals surface area contributed by atoms with E-state index in [2.05, 4.69) is 27.4 Å². The summed E-state index contributed by atoms with van der Waals surface area (Å²) in [7, 11) is 0. The average molecular weight is 304 g/mol. The zero-order valence-electron chi connectivity index (χ0n) is 10.4. The van der Waals surface area contributed by atoms with Gasteiger partial charge in [-0.1, -0.05) is 22.5 Å². The third-order valence-electron chi connectivity index (χ3n) is 3.37. The Kier molecular flexibility index (Phi) is 5.48. The lowest BCUT2D eigenvalue weighted by Gasteiger charge is -2.27. The van der Waals surface area contributed by atoms with Crippen LogP contribution < -0.4 is 0 Å². The highest BCUT2D eigenvalue weighted by molar-refractivity contribution is 9.11. The van der Waals surface area contributed by atoms with Gasteiger partial charge in [0.05, 0.1) is 12.2 Å². The van der Waals surface area contributed by atoms with Gasteiger partial charge in [0.25, 0.3) is 0 Å². The molecule has 3 nitrogen and oxygen atoms in total. The monoisotopic (exact) mass is 303 g/mol. The molecule has 0 aromatic heterocycles. The lowest BCUT2D eigenvalue weighted by atomic mass is 10.2. The normalized spacial score (nSPS) is 29.1. The van der Waals surface area contributed by atoms with Crippen LogP contribution in [-0.2, 0) is 9.47 Å². The molecule has 98 valence electrons. The van der Waals surface area contributed by atoms with Crippen LogP contribution in [0.2, 0.25) is 0 Å². The summed E-state index contributed by atoms with van der Waals surface area (Å²) < 4.78 is 12.4. The molecule has 2 heterocycles. The van der Waals surface area contributed by atoms with E-state index in [1.54, 1.807) is 0 Å². The maximum Gasteiger partial charge on any atom is 0.0703 e. The summed E-state index contributed by atoms with van der Waals surface area (Å²) in [4.78, 5) is 2.41. The van der Waals surface area contributed by atoms with Crippen molar-refractivity contribution in [2.75, 3.05) is 32.8 Å². The SMILES string of the molecule is C=C(Br)CN(CC1CCCO1)CC1CCCO1. The molecule has 2 atom stereocenters. The predicted molar refractivity (Wildman–Crippen MR) is 72.5 cm³/mol. The molecular weight excluding hydrogens is 282 g/mol. The van der Waals surface area contributed by atoms with Crippen molar-refractivity contribution in [2.45, 2.75) is 37.9 Å². The molecule has 0 aromatic rings. The minimum atomic E-state index is 0.406. The van der Waals surface area contributed by atoms with Gasteiger partial charge in [-0.15, -0.1) is 0 Å². The molecule has 0 spiro atoms. The second kappa shape index (κ2) is 6.88. The summed E-state index contributed by atoms with van der Waals surface area (Å²) in [5, 5.41) is 0. The van der Waals surface area contributed by atoms with Crippen LogP contribution in [0.1, 0.15) is 25.7 Å². The lowest BCUT2D eigenvalue weighted by Crippen LogP contribution is -2.38. The highest BCUT2D eigenvalue weighted by Gasteiger charge is 2.23. The molecule has 17 heavy (non-hydrogen) atoms. The van der Waals surface area contributed by atoms with Gasteiger partial charge in [-0.2, -0.15) is 0 Å². The summed E-state index contributed by atoms with van der Waals surface area (Å²) >= 11 is 3.46. The van der Waals surface area contributed by atoms with Crippen molar-refractivity contribution in [2.24, 2.45) is 0 Å². The van der Waals surface area contributed by atoms with E-state index in [0.29, 0.717) is 12.2 Å². The minimum absolute atomic E-state index is 0.406. The summed E-state index contributed by atoms with van der Waals surface area (Å²) in [5.74, 6) is 0. The van der Waals surface area contributed by atoms with E-state index in [-0.39, 0.29) is 0 Å². The Bertz CT molecular complexity index is 230. The first-order chi connectivity index (χ1) is 8.24. The number of rotatable bonds is 6. The van der Waals surface area contributed by atoms with E-state index in [1.807, 2.05) is 0 Å². The van der Waals surface area contributed by atoms with Gasteiger partial charge in [-0.25, -0.2) is 0 Å². The Morgan fingerprint density at radius 3 is 2.00 bits per heavy atom. The molecule has 2 aliphatic heterocycles. The molecule has 2 fully saturated rings. The van der Waals surface area contributed by atoms with Gasteiger partial charge in [0.2, 0.25) is 0 Å². The van der Waals surface area contributed by atoms with Crippen molar-refractivity contribution in [3.63, 3.8) is 0 Å². The Hall–Kier alpha value is 0.1000. The van der Waals surface area contributed by atoms with Gasteiger partial charge >= 0.3 is 0 Å². The van der Waals surface area contributed by atoms with Gasteiger partial charge in [-0.05, 0) is 25.7 Å². The molecule has 2 saturated heterocycles. The average Bonchev–Trinajstić information content (AvgIpc) is 2.89. The summed E-state index contributed by atoms with van der Waals surface area (Å²) in [6, 6.07) is 0. The number of ether oxygens (including phenoxy) is 2. The Labute approximate surface area is 112 Å². The van der Waals surface area contributed by atoms with Crippen molar-refractivity contribution in [3.8, 4) is 0 Å². The molecule has 0 saturated carbocycles. The Morgan fingerprint density at radius 1 is 1.12 bits per heavy atom. The molecule has 2 aliphatic rings. The number of hydrogen-bond acceptors (Lipinski definition) is 3. The van der Waals surface area contributed by atoms with E-state index in [4.69, 9.17) is 9.47 Å². The summed E-state index contributed by atoms with van der Waals surface area (Å²) in [6.45, 7) is 8.68. The Balaban J connectivity index is 1.80. The first-order valence-electron chi connectivity index (χ1n) is 6.53. The molecule has 0 aromatic carbocycles. The molecule has 0 radical (unpaired) electrons. The van der Waals surface area contributed by atoms with E-state index in [0.717, 1.165) is 37.3 Å². The maximum absolute atomic E-state index is 5.70. The second-order valence-corrected chi connectivity index (χ2v) is 6.10. The molecule has 2 unspecified atom stereocenters. The zero-order chi connectivity index (χ0) is 12.1. The predicted octanol–water partition coefficient (Wildman–Crippen LogP) is 2.56. The quantitative estimate of drug-likeness (QED) is 0.753. The Morgan fingerprint density at radius 2 is 1.65 bits per heavy atom. The van der Waals surface area contributed by atoms with Crippen molar-refractivity contribution >= 4 is 15.9 Å². The van der Waals surface area contributed by atoms with Crippen LogP contribution in [-0.4, -0.2) is 50.0 Å². The lowest BCUT2D eigenvalue weighted by molar-refractivity contribution is 0.0419. The van der Waals surface area contributed by atoms with Crippen molar-refractivity contribution in [1.82, 2.24) is 4.90 Å². The molecule has 0 aliphatic carbocycles. The fourth-order valence-corrected chi connectivity index (χ4v) is 2.95. The van der Waals surface area contributed by atoms with Crippen LogP contribution >= 0.6 is 15.9 Å². The van der Waals surface area contributed by atoms with Crippen LogP contribution in [0, 0.1) is 0 Å². The van der Waals surface area contributed by atoms with Crippen LogP contribution in [0.5, 0.6) is 0 Å². The van der Waals surface area contributed by atoms with Gasteiger partial charge in [0.1, 0.15) is 0 Å². The second-order valence-electron chi connectivity index (χ2n) is 4.98. The van der Waals surface area contributed by atoms with Gasteiger partial charge < -0.3 is 9.47 Å². The largest absolute Gasteiger partial charge is 0.377 e.